The maximum absolute atomic E-state index is 13.8. The minimum atomic E-state index is -1.22. The van der Waals surface area contributed by atoms with E-state index in [-0.39, 0.29) is 17.9 Å². The number of nitrogens with zero attached hydrogens (tertiary/aromatic N) is 1. The molecule has 0 unspecified atom stereocenters. The summed E-state index contributed by atoms with van der Waals surface area (Å²) >= 11 is 5.83. The molecule has 27 heavy (non-hydrogen) atoms. The second-order valence-corrected chi connectivity index (χ2v) is 6.74. The van der Waals surface area contributed by atoms with E-state index in [0.717, 1.165) is 0 Å². The minimum Gasteiger partial charge on any atom is -0.476 e. The van der Waals surface area contributed by atoms with Crippen LogP contribution in [0.4, 0.5) is 4.39 Å². The highest BCUT2D eigenvalue weighted by molar-refractivity contribution is 6.30. The third-order valence-electron chi connectivity index (χ3n) is 3.73. The second-order valence-electron chi connectivity index (χ2n) is 6.30. The molecule has 0 aliphatic heterocycles. The minimum absolute atomic E-state index is 0.121. The number of halogens is 2. The molecule has 0 aliphatic carbocycles. The van der Waals surface area contributed by atoms with Crippen LogP contribution in [0, 0.1) is 5.82 Å². The van der Waals surface area contributed by atoms with Gasteiger partial charge in [-0.05, 0) is 50.2 Å². The molecule has 3 rings (SSSR count). The SMILES string of the molecule is CC(C)(Oc1ccc(Cl)cc1)C(=O)OCc1cc(-c2ccccc2F)on1. The van der Waals surface area contributed by atoms with Crippen molar-refractivity contribution < 1.29 is 23.2 Å². The lowest BCUT2D eigenvalue weighted by molar-refractivity contribution is -0.160. The van der Waals surface area contributed by atoms with Gasteiger partial charge in [-0.3, -0.25) is 0 Å². The fourth-order valence-corrected chi connectivity index (χ4v) is 2.45. The molecule has 0 spiro atoms. The summed E-state index contributed by atoms with van der Waals surface area (Å²) in [5.74, 6) is -0.247. The predicted molar refractivity (Wildman–Crippen MR) is 97.9 cm³/mol. The Balaban J connectivity index is 1.61. The van der Waals surface area contributed by atoms with Gasteiger partial charge < -0.3 is 14.0 Å². The van der Waals surface area contributed by atoms with E-state index in [4.69, 9.17) is 25.6 Å². The molecule has 0 aliphatic rings. The topological polar surface area (TPSA) is 61.6 Å². The van der Waals surface area contributed by atoms with Crippen LogP contribution in [0.15, 0.2) is 59.1 Å². The first-order valence-electron chi connectivity index (χ1n) is 8.17. The molecule has 3 aromatic rings. The fourth-order valence-electron chi connectivity index (χ4n) is 2.32. The van der Waals surface area contributed by atoms with Crippen LogP contribution < -0.4 is 4.74 Å². The van der Waals surface area contributed by atoms with Crippen molar-refractivity contribution in [1.29, 1.82) is 0 Å². The normalized spacial score (nSPS) is 11.3. The maximum atomic E-state index is 13.8. The van der Waals surface area contributed by atoms with Crippen LogP contribution in [0.5, 0.6) is 5.75 Å². The van der Waals surface area contributed by atoms with Gasteiger partial charge in [-0.1, -0.05) is 28.9 Å². The highest BCUT2D eigenvalue weighted by Gasteiger charge is 2.32. The summed E-state index contributed by atoms with van der Waals surface area (Å²) in [7, 11) is 0. The summed E-state index contributed by atoms with van der Waals surface area (Å²) in [5, 5.41) is 4.38. The summed E-state index contributed by atoms with van der Waals surface area (Å²) in [6.07, 6.45) is 0. The number of carbonyl (C=O) groups is 1. The third kappa shape index (κ3) is 4.65. The quantitative estimate of drug-likeness (QED) is 0.553. The first-order chi connectivity index (χ1) is 12.8. The molecule has 0 saturated heterocycles. The van der Waals surface area contributed by atoms with Gasteiger partial charge in [0.05, 0.1) is 5.56 Å². The molecule has 5 nitrogen and oxygen atoms in total. The lowest BCUT2D eigenvalue weighted by Crippen LogP contribution is -2.39. The van der Waals surface area contributed by atoms with E-state index in [1.165, 1.54) is 12.1 Å². The Bertz CT molecular complexity index is 937. The van der Waals surface area contributed by atoms with Crippen LogP contribution in [0.2, 0.25) is 5.02 Å². The average molecular weight is 390 g/mol. The molecule has 0 atom stereocenters. The van der Waals surface area contributed by atoms with Crippen LogP contribution in [0.3, 0.4) is 0 Å². The first-order valence-corrected chi connectivity index (χ1v) is 8.55. The molecule has 2 aromatic carbocycles. The lowest BCUT2D eigenvalue weighted by atomic mass is 10.1. The lowest BCUT2D eigenvalue weighted by Gasteiger charge is -2.24. The first kappa shape index (κ1) is 18.9. The van der Waals surface area contributed by atoms with E-state index < -0.39 is 17.4 Å². The fraction of sp³-hybridized carbons (Fsp3) is 0.200. The van der Waals surface area contributed by atoms with Gasteiger partial charge >= 0.3 is 5.97 Å². The van der Waals surface area contributed by atoms with Crippen molar-refractivity contribution in [3.63, 3.8) is 0 Å². The second kappa shape index (κ2) is 7.80. The van der Waals surface area contributed by atoms with E-state index in [2.05, 4.69) is 5.16 Å². The molecule has 1 heterocycles. The standard InChI is InChI=1S/C20H17ClFNO4/c1-20(2,26-15-9-7-13(21)8-10-15)19(24)25-12-14-11-18(27-23-14)16-5-3-4-6-17(16)22/h3-11H,12H2,1-2H3. The summed E-state index contributed by atoms with van der Waals surface area (Å²) < 4.78 is 29.9. The molecule has 0 saturated carbocycles. The van der Waals surface area contributed by atoms with Gasteiger partial charge in [0.25, 0.3) is 0 Å². The number of benzene rings is 2. The Kier molecular flexibility index (Phi) is 5.46. The molecule has 0 radical (unpaired) electrons. The van der Waals surface area contributed by atoms with Crippen molar-refractivity contribution in [3.8, 4) is 17.1 Å². The number of hydrogen-bond acceptors (Lipinski definition) is 5. The van der Waals surface area contributed by atoms with Crippen LogP contribution in [-0.4, -0.2) is 16.7 Å². The zero-order chi connectivity index (χ0) is 19.4. The van der Waals surface area contributed by atoms with Crippen LogP contribution in [0.25, 0.3) is 11.3 Å². The summed E-state index contributed by atoms with van der Waals surface area (Å²) in [5.41, 5.74) is -0.566. The number of aromatic nitrogens is 1. The maximum Gasteiger partial charge on any atom is 0.350 e. The monoisotopic (exact) mass is 389 g/mol. The van der Waals surface area contributed by atoms with Crippen LogP contribution in [-0.2, 0) is 16.1 Å². The Morgan fingerprint density at radius 2 is 1.89 bits per heavy atom. The van der Waals surface area contributed by atoms with E-state index in [0.29, 0.717) is 16.5 Å². The van der Waals surface area contributed by atoms with Gasteiger partial charge in [-0.15, -0.1) is 0 Å². The average Bonchev–Trinajstić information content (AvgIpc) is 3.10. The van der Waals surface area contributed by atoms with Gasteiger partial charge in [-0.2, -0.15) is 0 Å². The molecule has 7 heteroatoms. The number of hydrogen-bond donors (Lipinski definition) is 0. The van der Waals surface area contributed by atoms with Gasteiger partial charge in [0.15, 0.2) is 11.4 Å². The van der Waals surface area contributed by atoms with Crippen molar-refractivity contribution in [3.05, 3.63) is 71.1 Å². The molecular weight excluding hydrogens is 373 g/mol. The molecule has 140 valence electrons. The highest BCUT2D eigenvalue weighted by Crippen LogP contribution is 2.25. The molecule has 0 amide bonds. The van der Waals surface area contributed by atoms with E-state index in [1.54, 1.807) is 56.3 Å². The Labute approximate surface area is 160 Å². The zero-order valence-corrected chi connectivity index (χ0v) is 15.5. The Hall–Kier alpha value is -2.86. The van der Waals surface area contributed by atoms with Crippen LogP contribution >= 0.6 is 11.6 Å². The van der Waals surface area contributed by atoms with Gasteiger partial charge in [0.1, 0.15) is 23.9 Å². The smallest absolute Gasteiger partial charge is 0.350 e. The highest BCUT2D eigenvalue weighted by atomic mass is 35.5. The van der Waals surface area contributed by atoms with Crippen LogP contribution in [0.1, 0.15) is 19.5 Å². The van der Waals surface area contributed by atoms with Crippen molar-refractivity contribution in [2.24, 2.45) is 0 Å². The van der Waals surface area contributed by atoms with E-state index >= 15 is 0 Å². The van der Waals surface area contributed by atoms with Crippen molar-refractivity contribution >= 4 is 17.6 Å². The molecule has 0 fully saturated rings. The third-order valence-corrected chi connectivity index (χ3v) is 3.98. The van der Waals surface area contributed by atoms with E-state index in [9.17, 15) is 9.18 Å². The predicted octanol–water partition coefficient (Wildman–Crippen LogP) is 5.03. The van der Waals surface area contributed by atoms with Gasteiger partial charge in [-0.25, -0.2) is 9.18 Å². The largest absolute Gasteiger partial charge is 0.476 e. The molecule has 0 N–H and O–H groups in total. The van der Waals surface area contributed by atoms with Gasteiger partial charge in [0, 0.05) is 11.1 Å². The number of ether oxygens (including phenoxy) is 2. The van der Waals surface area contributed by atoms with Gasteiger partial charge in [0.2, 0.25) is 0 Å². The number of rotatable bonds is 6. The molecule has 0 bridgehead atoms. The van der Waals surface area contributed by atoms with Crippen molar-refractivity contribution in [2.75, 3.05) is 0 Å². The summed E-state index contributed by atoms with van der Waals surface area (Å²) in [6, 6.07) is 14.4. The zero-order valence-electron chi connectivity index (χ0n) is 14.7. The van der Waals surface area contributed by atoms with E-state index in [1.807, 2.05) is 0 Å². The molecular formula is C20H17ClFNO4. The van der Waals surface area contributed by atoms with Crippen molar-refractivity contribution in [2.45, 2.75) is 26.1 Å². The number of carbonyl (C=O) groups excluding carboxylic acids is 1. The Morgan fingerprint density at radius 3 is 2.59 bits per heavy atom. The molecule has 1 aromatic heterocycles. The summed E-state index contributed by atoms with van der Waals surface area (Å²) in [4.78, 5) is 12.3. The Morgan fingerprint density at radius 1 is 1.19 bits per heavy atom. The summed E-state index contributed by atoms with van der Waals surface area (Å²) in [6.45, 7) is 3.07. The van der Waals surface area contributed by atoms with Crippen molar-refractivity contribution in [1.82, 2.24) is 5.16 Å². The number of esters is 1.